The molecule has 4 fully saturated rings. The molecule has 2 aliphatic carbocycles. The van der Waals surface area contributed by atoms with Gasteiger partial charge in [0.05, 0.1) is 0 Å². The molecule has 0 unspecified atom stereocenters. The average molecular weight is 333 g/mol. The minimum Gasteiger partial charge on any atom is -0.300 e. The van der Waals surface area contributed by atoms with Crippen molar-refractivity contribution in [3.05, 3.63) is 0 Å². The number of likely N-dealkylation sites (tertiary alicyclic amines) is 2. The van der Waals surface area contributed by atoms with E-state index in [4.69, 9.17) is 0 Å². The second kappa shape index (κ2) is 5.98. The van der Waals surface area contributed by atoms with Crippen LogP contribution in [-0.2, 0) is 0 Å². The van der Waals surface area contributed by atoms with Crippen LogP contribution in [0.4, 0.5) is 0 Å². The normalized spacial score (nSPS) is 35.8. The summed E-state index contributed by atoms with van der Waals surface area (Å²) in [5, 5.41) is 0. The molecule has 24 heavy (non-hydrogen) atoms. The maximum absolute atomic E-state index is 2.91. The van der Waals surface area contributed by atoms with Crippen LogP contribution < -0.4 is 0 Å². The minimum atomic E-state index is 0.365. The molecule has 138 valence electrons. The largest absolute Gasteiger partial charge is 0.300 e. The molecule has 2 heterocycles. The Kier molecular flexibility index (Phi) is 4.32. The molecule has 1 spiro atoms. The monoisotopic (exact) mass is 332 g/mol. The molecule has 0 aromatic carbocycles. The van der Waals surface area contributed by atoms with E-state index in [2.05, 4.69) is 44.4 Å². The molecule has 0 N–H and O–H groups in total. The van der Waals surface area contributed by atoms with E-state index in [1.165, 1.54) is 64.7 Å². The highest BCUT2D eigenvalue weighted by Crippen LogP contribution is 2.54. The molecule has 0 aromatic rings. The van der Waals surface area contributed by atoms with Crippen LogP contribution in [0.15, 0.2) is 0 Å². The van der Waals surface area contributed by atoms with Crippen molar-refractivity contribution in [2.45, 2.75) is 84.7 Å². The SMILES string of the molecule is CC(C)C1C[C@H]2CN(C3CC4(CCN(C(C)(C)C)CC4)C3)C[C@@H]2C1. The zero-order chi connectivity index (χ0) is 17.1. The topological polar surface area (TPSA) is 6.48 Å². The summed E-state index contributed by atoms with van der Waals surface area (Å²) in [6.45, 7) is 17.5. The van der Waals surface area contributed by atoms with Crippen molar-refractivity contribution in [1.82, 2.24) is 9.80 Å². The van der Waals surface area contributed by atoms with Crippen molar-refractivity contribution in [2.75, 3.05) is 26.2 Å². The summed E-state index contributed by atoms with van der Waals surface area (Å²) < 4.78 is 0. The van der Waals surface area contributed by atoms with Gasteiger partial charge in [-0.1, -0.05) is 13.8 Å². The summed E-state index contributed by atoms with van der Waals surface area (Å²) in [6, 6.07) is 0.939. The Balaban J connectivity index is 1.25. The zero-order valence-electron chi connectivity index (χ0n) is 16.9. The third-order valence-electron chi connectivity index (χ3n) is 8.38. The number of nitrogens with zero attached hydrogens (tertiary/aromatic N) is 2. The van der Waals surface area contributed by atoms with Crippen molar-refractivity contribution >= 4 is 0 Å². The van der Waals surface area contributed by atoms with Gasteiger partial charge >= 0.3 is 0 Å². The first kappa shape index (κ1) is 17.3. The van der Waals surface area contributed by atoms with Crippen LogP contribution in [-0.4, -0.2) is 47.6 Å². The van der Waals surface area contributed by atoms with Gasteiger partial charge in [-0.2, -0.15) is 0 Å². The fourth-order valence-electron chi connectivity index (χ4n) is 6.48. The van der Waals surface area contributed by atoms with Crippen LogP contribution in [0.5, 0.6) is 0 Å². The van der Waals surface area contributed by atoms with Crippen LogP contribution in [0.3, 0.4) is 0 Å². The summed E-state index contributed by atoms with van der Waals surface area (Å²) in [6.07, 6.45) is 8.98. The van der Waals surface area contributed by atoms with E-state index in [1.807, 2.05) is 0 Å². The Bertz CT molecular complexity index is 433. The second-order valence-corrected chi connectivity index (χ2v) is 11.2. The van der Waals surface area contributed by atoms with Gasteiger partial charge in [0, 0.05) is 24.7 Å². The van der Waals surface area contributed by atoms with Crippen molar-refractivity contribution in [3.8, 4) is 0 Å². The molecule has 2 saturated heterocycles. The van der Waals surface area contributed by atoms with Gasteiger partial charge in [-0.05, 0) is 101 Å². The zero-order valence-corrected chi connectivity index (χ0v) is 16.9. The second-order valence-electron chi connectivity index (χ2n) is 11.2. The molecular formula is C22H40N2. The molecule has 2 atom stereocenters. The van der Waals surface area contributed by atoms with Gasteiger partial charge in [0.1, 0.15) is 0 Å². The van der Waals surface area contributed by atoms with Crippen molar-refractivity contribution < 1.29 is 0 Å². The molecule has 2 nitrogen and oxygen atoms in total. The summed E-state index contributed by atoms with van der Waals surface area (Å²) >= 11 is 0. The third-order valence-corrected chi connectivity index (χ3v) is 8.38. The Labute approximate surface area is 150 Å². The summed E-state index contributed by atoms with van der Waals surface area (Å²) in [5.74, 6) is 4.01. The van der Waals surface area contributed by atoms with Gasteiger partial charge in [0.15, 0.2) is 0 Å². The van der Waals surface area contributed by atoms with Gasteiger partial charge in [-0.3, -0.25) is 9.80 Å². The molecule has 0 bridgehead atoms. The lowest BCUT2D eigenvalue weighted by Crippen LogP contribution is -2.57. The van der Waals surface area contributed by atoms with E-state index in [1.54, 1.807) is 0 Å². The van der Waals surface area contributed by atoms with Crippen molar-refractivity contribution in [2.24, 2.45) is 29.1 Å². The third kappa shape index (κ3) is 3.07. The first-order valence-corrected chi connectivity index (χ1v) is 10.7. The maximum Gasteiger partial charge on any atom is 0.0125 e. The fourth-order valence-corrected chi connectivity index (χ4v) is 6.48. The van der Waals surface area contributed by atoms with Crippen LogP contribution in [0.2, 0.25) is 0 Å². The lowest BCUT2D eigenvalue weighted by molar-refractivity contribution is -0.0541. The van der Waals surface area contributed by atoms with E-state index < -0.39 is 0 Å². The molecule has 0 radical (unpaired) electrons. The van der Waals surface area contributed by atoms with E-state index in [0.717, 1.165) is 35.1 Å². The Morgan fingerprint density at radius 1 is 0.917 bits per heavy atom. The van der Waals surface area contributed by atoms with Gasteiger partial charge in [-0.25, -0.2) is 0 Å². The maximum atomic E-state index is 2.91. The molecule has 2 saturated carbocycles. The predicted molar refractivity (Wildman–Crippen MR) is 102 cm³/mol. The summed E-state index contributed by atoms with van der Waals surface area (Å²) in [5.41, 5.74) is 1.09. The molecule has 2 heteroatoms. The Hall–Kier alpha value is -0.0800. The minimum absolute atomic E-state index is 0.365. The molecule has 4 aliphatic rings. The van der Waals surface area contributed by atoms with Crippen LogP contribution in [0, 0.1) is 29.1 Å². The smallest absolute Gasteiger partial charge is 0.0125 e. The van der Waals surface area contributed by atoms with Gasteiger partial charge in [0.2, 0.25) is 0 Å². The number of fused-ring (bicyclic) bond motifs is 1. The highest BCUT2D eigenvalue weighted by Gasteiger charge is 2.51. The quantitative estimate of drug-likeness (QED) is 0.726. The van der Waals surface area contributed by atoms with E-state index in [0.29, 0.717) is 5.54 Å². The average Bonchev–Trinajstić information content (AvgIpc) is 3.02. The van der Waals surface area contributed by atoms with Crippen molar-refractivity contribution in [3.63, 3.8) is 0 Å². The van der Waals surface area contributed by atoms with E-state index >= 15 is 0 Å². The van der Waals surface area contributed by atoms with E-state index in [-0.39, 0.29) is 0 Å². The molecule has 0 amide bonds. The molecule has 2 aliphatic heterocycles. The summed E-state index contributed by atoms with van der Waals surface area (Å²) in [4.78, 5) is 5.62. The lowest BCUT2D eigenvalue weighted by atomic mass is 9.59. The summed E-state index contributed by atoms with van der Waals surface area (Å²) in [7, 11) is 0. The first-order chi connectivity index (χ1) is 11.3. The Morgan fingerprint density at radius 3 is 1.92 bits per heavy atom. The lowest BCUT2D eigenvalue weighted by Gasteiger charge is -2.56. The van der Waals surface area contributed by atoms with Gasteiger partial charge in [-0.15, -0.1) is 0 Å². The van der Waals surface area contributed by atoms with Crippen molar-refractivity contribution in [1.29, 1.82) is 0 Å². The van der Waals surface area contributed by atoms with Crippen LogP contribution in [0.25, 0.3) is 0 Å². The highest BCUT2D eigenvalue weighted by molar-refractivity contribution is 5.05. The molecule has 0 aromatic heterocycles. The molecule has 4 rings (SSSR count). The predicted octanol–water partition coefficient (Wildman–Crippen LogP) is 4.64. The number of rotatable bonds is 2. The van der Waals surface area contributed by atoms with Gasteiger partial charge < -0.3 is 0 Å². The highest BCUT2D eigenvalue weighted by atomic mass is 15.2. The fraction of sp³-hybridized carbons (Fsp3) is 1.00. The molecular weight excluding hydrogens is 292 g/mol. The standard InChI is InChI=1S/C22H40N2/c1-16(2)17-10-18-14-23(15-19(18)11-17)20-12-22(13-20)6-8-24(9-7-22)21(3,4)5/h16-20H,6-15H2,1-5H3/t18-,19-/m0/s1. The van der Waals surface area contributed by atoms with Gasteiger partial charge in [0.25, 0.3) is 0 Å². The van der Waals surface area contributed by atoms with Crippen LogP contribution >= 0.6 is 0 Å². The van der Waals surface area contributed by atoms with Crippen LogP contribution in [0.1, 0.15) is 73.1 Å². The van der Waals surface area contributed by atoms with E-state index in [9.17, 15) is 0 Å². The number of hydrogen-bond donors (Lipinski definition) is 0. The number of piperidine rings is 1. The first-order valence-electron chi connectivity index (χ1n) is 10.7. The number of hydrogen-bond acceptors (Lipinski definition) is 2. The Morgan fingerprint density at radius 2 is 1.46 bits per heavy atom.